The van der Waals surface area contributed by atoms with Crippen LogP contribution in [0.4, 0.5) is 0 Å². The van der Waals surface area contributed by atoms with Crippen molar-refractivity contribution in [3.8, 4) is 0 Å². The van der Waals surface area contributed by atoms with Gasteiger partial charge < -0.3 is 4.74 Å². The quantitative estimate of drug-likeness (QED) is 0.563. The van der Waals surface area contributed by atoms with Crippen molar-refractivity contribution in [1.29, 1.82) is 0 Å². The summed E-state index contributed by atoms with van der Waals surface area (Å²) >= 11 is 0. The summed E-state index contributed by atoms with van der Waals surface area (Å²) in [5, 5.41) is 0. The van der Waals surface area contributed by atoms with Crippen molar-refractivity contribution >= 4 is 11.8 Å². The van der Waals surface area contributed by atoms with Gasteiger partial charge in [-0.05, 0) is 45.4 Å². The van der Waals surface area contributed by atoms with Crippen molar-refractivity contribution in [2.24, 2.45) is 17.3 Å². The number of hydrogen-bond acceptors (Lipinski definition) is 4. The number of rotatable bonds is 5. The second kappa shape index (κ2) is 5.61. The van der Waals surface area contributed by atoms with Crippen LogP contribution in [0, 0.1) is 17.3 Å². The third-order valence-corrected chi connectivity index (χ3v) is 4.65. The van der Waals surface area contributed by atoms with Crippen molar-refractivity contribution in [3.05, 3.63) is 0 Å². The first-order valence-corrected chi connectivity index (χ1v) is 7.38. The third kappa shape index (κ3) is 2.99. The molecule has 0 radical (unpaired) electrons. The minimum absolute atomic E-state index is 0.0223. The number of carbonyl (C=O) groups is 2. The smallest absolute Gasteiger partial charge is 0.319 e. The molecule has 1 aliphatic carbocycles. The predicted octanol–water partition coefficient (Wildman–Crippen LogP) is 1.88. The van der Waals surface area contributed by atoms with E-state index >= 15 is 0 Å². The van der Waals surface area contributed by atoms with Crippen molar-refractivity contribution in [2.75, 3.05) is 26.2 Å². The molecule has 19 heavy (non-hydrogen) atoms. The van der Waals surface area contributed by atoms with Crippen molar-refractivity contribution in [3.63, 3.8) is 0 Å². The Morgan fingerprint density at radius 2 is 1.79 bits per heavy atom. The van der Waals surface area contributed by atoms with Gasteiger partial charge in [-0.2, -0.15) is 0 Å². The van der Waals surface area contributed by atoms with E-state index in [-0.39, 0.29) is 5.78 Å². The highest BCUT2D eigenvalue weighted by molar-refractivity contribution is 6.03. The van der Waals surface area contributed by atoms with Gasteiger partial charge >= 0.3 is 5.97 Å². The van der Waals surface area contributed by atoms with Crippen LogP contribution < -0.4 is 0 Å². The molecule has 0 aromatic rings. The van der Waals surface area contributed by atoms with Crippen LogP contribution in [-0.4, -0.2) is 42.9 Å². The van der Waals surface area contributed by atoms with E-state index in [0.29, 0.717) is 13.2 Å². The molecule has 0 N–H and O–H groups in total. The van der Waals surface area contributed by atoms with Gasteiger partial charge in [-0.3, -0.25) is 14.5 Å². The largest absolute Gasteiger partial charge is 0.465 e. The van der Waals surface area contributed by atoms with Gasteiger partial charge in [-0.25, -0.2) is 0 Å². The number of fused-ring (bicyclic) bond motifs is 1. The lowest BCUT2D eigenvalue weighted by Crippen LogP contribution is -2.42. The molecule has 1 heterocycles. The highest BCUT2D eigenvalue weighted by Crippen LogP contribution is 2.37. The van der Waals surface area contributed by atoms with Gasteiger partial charge in [-0.15, -0.1) is 0 Å². The van der Waals surface area contributed by atoms with E-state index in [4.69, 9.17) is 4.74 Å². The average Bonchev–Trinajstić information content (AvgIpc) is 2.89. The molecule has 108 valence electrons. The number of likely N-dealkylation sites (tertiary alicyclic amines) is 1. The summed E-state index contributed by atoms with van der Waals surface area (Å²) in [6, 6.07) is 0. The number of carbonyl (C=O) groups excluding carboxylic acids is 2. The average molecular weight is 267 g/mol. The lowest BCUT2D eigenvalue weighted by Gasteiger charge is -2.24. The summed E-state index contributed by atoms with van der Waals surface area (Å²) in [4.78, 5) is 26.3. The van der Waals surface area contributed by atoms with Crippen LogP contribution >= 0.6 is 0 Å². The van der Waals surface area contributed by atoms with Gasteiger partial charge in [0.25, 0.3) is 0 Å². The molecule has 0 aromatic carbocycles. The molecule has 0 aromatic heterocycles. The van der Waals surface area contributed by atoms with Crippen LogP contribution in [0.3, 0.4) is 0 Å². The first-order chi connectivity index (χ1) is 8.95. The summed E-state index contributed by atoms with van der Waals surface area (Å²) in [5.41, 5.74) is -1.02. The molecule has 0 amide bonds. The topological polar surface area (TPSA) is 46.6 Å². The van der Waals surface area contributed by atoms with Gasteiger partial charge in [-0.1, -0.05) is 6.42 Å². The van der Waals surface area contributed by atoms with Gasteiger partial charge in [0, 0.05) is 13.1 Å². The Labute approximate surface area is 115 Å². The van der Waals surface area contributed by atoms with Crippen LogP contribution in [0.1, 0.15) is 40.0 Å². The Morgan fingerprint density at radius 3 is 2.32 bits per heavy atom. The van der Waals surface area contributed by atoms with Gasteiger partial charge in [0.05, 0.1) is 13.2 Å². The zero-order valence-corrected chi connectivity index (χ0v) is 12.3. The molecule has 2 rings (SSSR count). The number of Topliss-reactive ketones (excluding diaryl/α,β-unsaturated/α-hetero) is 1. The zero-order chi connectivity index (χ0) is 14.0. The van der Waals surface area contributed by atoms with E-state index in [0.717, 1.165) is 24.9 Å². The van der Waals surface area contributed by atoms with Gasteiger partial charge in [0.15, 0.2) is 5.78 Å². The van der Waals surface area contributed by atoms with E-state index in [2.05, 4.69) is 4.90 Å². The lowest BCUT2D eigenvalue weighted by atomic mass is 9.88. The Balaban J connectivity index is 1.89. The SMILES string of the molecule is CCOC(=O)C(C)(C)C(=O)CN1CC2CCCC2C1. The van der Waals surface area contributed by atoms with Crippen LogP contribution in [0.5, 0.6) is 0 Å². The van der Waals surface area contributed by atoms with E-state index in [9.17, 15) is 9.59 Å². The highest BCUT2D eigenvalue weighted by Gasteiger charge is 2.41. The van der Waals surface area contributed by atoms with Gasteiger partial charge in [0.2, 0.25) is 0 Å². The van der Waals surface area contributed by atoms with Crippen molar-refractivity contribution < 1.29 is 14.3 Å². The molecule has 4 nitrogen and oxygen atoms in total. The van der Waals surface area contributed by atoms with Crippen LogP contribution in [0.2, 0.25) is 0 Å². The van der Waals surface area contributed by atoms with E-state index in [1.54, 1.807) is 20.8 Å². The molecule has 1 saturated heterocycles. The fourth-order valence-corrected chi connectivity index (χ4v) is 3.29. The molecule has 2 aliphatic rings. The Kier molecular flexibility index (Phi) is 4.29. The second-order valence-corrected chi connectivity index (χ2v) is 6.41. The van der Waals surface area contributed by atoms with Crippen molar-refractivity contribution in [2.45, 2.75) is 40.0 Å². The molecule has 0 spiro atoms. The summed E-state index contributed by atoms with van der Waals surface area (Å²) < 4.78 is 4.99. The Morgan fingerprint density at radius 1 is 1.21 bits per heavy atom. The van der Waals surface area contributed by atoms with E-state index in [1.165, 1.54) is 19.3 Å². The minimum atomic E-state index is -1.02. The Bertz CT molecular complexity index is 352. The maximum Gasteiger partial charge on any atom is 0.319 e. The summed E-state index contributed by atoms with van der Waals surface area (Å²) in [5.74, 6) is 1.13. The normalized spacial score (nSPS) is 27.3. The minimum Gasteiger partial charge on any atom is -0.465 e. The fraction of sp³-hybridized carbons (Fsp3) is 0.867. The molecule has 2 fully saturated rings. The van der Waals surface area contributed by atoms with Crippen LogP contribution in [-0.2, 0) is 14.3 Å². The van der Waals surface area contributed by atoms with Crippen LogP contribution in [0.15, 0.2) is 0 Å². The zero-order valence-electron chi connectivity index (χ0n) is 12.3. The van der Waals surface area contributed by atoms with E-state index in [1.807, 2.05) is 0 Å². The van der Waals surface area contributed by atoms with Crippen molar-refractivity contribution in [1.82, 2.24) is 4.90 Å². The standard InChI is InChI=1S/C15H25NO3/c1-4-19-14(18)15(2,3)13(17)10-16-8-11-6-5-7-12(11)9-16/h11-12H,4-10H2,1-3H3. The lowest BCUT2D eigenvalue weighted by molar-refractivity contribution is -0.158. The molecule has 1 saturated carbocycles. The molecule has 0 bridgehead atoms. The number of nitrogens with zero attached hydrogens (tertiary/aromatic N) is 1. The van der Waals surface area contributed by atoms with E-state index < -0.39 is 11.4 Å². The maximum absolute atomic E-state index is 12.3. The highest BCUT2D eigenvalue weighted by atomic mass is 16.5. The predicted molar refractivity (Wildman–Crippen MR) is 72.7 cm³/mol. The summed E-state index contributed by atoms with van der Waals surface area (Å²) in [7, 11) is 0. The molecule has 2 atom stereocenters. The molecular formula is C15H25NO3. The fourth-order valence-electron chi connectivity index (χ4n) is 3.29. The first-order valence-electron chi connectivity index (χ1n) is 7.38. The Hall–Kier alpha value is -0.900. The monoisotopic (exact) mass is 267 g/mol. The molecule has 1 aliphatic heterocycles. The third-order valence-electron chi connectivity index (χ3n) is 4.65. The number of hydrogen-bond donors (Lipinski definition) is 0. The summed E-state index contributed by atoms with van der Waals surface area (Å²) in [6.45, 7) is 7.86. The molecule has 4 heteroatoms. The van der Waals surface area contributed by atoms with Crippen LogP contribution in [0.25, 0.3) is 0 Å². The number of ketones is 1. The van der Waals surface area contributed by atoms with Gasteiger partial charge in [0.1, 0.15) is 5.41 Å². The number of ether oxygens (including phenoxy) is 1. The first kappa shape index (κ1) is 14.5. The molecule has 2 unspecified atom stereocenters. The second-order valence-electron chi connectivity index (χ2n) is 6.41. The number of esters is 1. The molecular weight excluding hydrogens is 242 g/mol. The summed E-state index contributed by atoms with van der Waals surface area (Å²) in [6.07, 6.45) is 3.94. The maximum atomic E-state index is 12.3.